The van der Waals surface area contributed by atoms with Gasteiger partial charge in [0.05, 0.1) is 28.8 Å². The monoisotopic (exact) mass is 429 g/mol. The Labute approximate surface area is 180 Å². The molecule has 0 fully saturated rings. The molecule has 154 valence electrons. The summed E-state index contributed by atoms with van der Waals surface area (Å²) in [6.45, 7) is 0. The predicted molar refractivity (Wildman–Crippen MR) is 121 cm³/mol. The van der Waals surface area contributed by atoms with E-state index in [0.717, 1.165) is 22.5 Å². The standard InChI is InChI=1S/C23H19N5O2S/c24-16-15-21-26-27-22(17-7-3-1-4-8-17)23(18-9-5-2-6-10-18)28(21)19-11-13-20(14-12-19)31(25,29)30/h1-14,27H,15H2,(H2,25,29,30). The lowest BCUT2D eigenvalue weighted by Gasteiger charge is -2.33. The molecule has 31 heavy (non-hydrogen) atoms. The van der Waals surface area contributed by atoms with Crippen molar-refractivity contribution in [2.24, 2.45) is 10.2 Å². The molecule has 7 nitrogen and oxygen atoms in total. The molecule has 3 aromatic rings. The number of hydrogen-bond donors (Lipinski definition) is 2. The molecule has 0 spiro atoms. The maximum absolute atomic E-state index is 11.7. The number of primary sulfonamides is 1. The zero-order chi connectivity index (χ0) is 21.8. The minimum Gasteiger partial charge on any atom is -0.293 e. The van der Waals surface area contributed by atoms with Gasteiger partial charge in [-0.25, -0.2) is 13.6 Å². The molecule has 1 aliphatic heterocycles. The molecule has 0 aromatic heterocycles. The second-order valence-corrected chi connectivity index (χ2v) is 8.37. The number of hydrogen-bond acceptors (Lipinski definition) is 6. The number of anilines is 1. The Kier molecular flexibility index (Phi) is 5.54. The number of sulfonamides is 1. The first-order chi connectivity index (χ1) is 15.0. The highest BCUT2D eigenvalue weighted by Gasteiger charge is 2.28. The van der Waals surface area contributed by atoms with Crippen molar-refractivity contribution in [2.45, 2.75) is 11.3 Å². The zero-order valence-corrected chi connectivity index (χ0v) is 17.3. The molecule has 0 saturated carbocycles. The van der Waals surface area contributed by atoms with Crippen LogP contribution in [-0.2, 0) is 10.0 Å². The maximum Gasteiger partial charge on any atom is 0.238 e. The molecule has 1 aliphatic rings. The van der Waals surface area contributed by atoms with Gasteiger partial charge >= 0.3 is 0 Å². The van der Waals surface area contributed by atoms with Crippen molar-refractivity contribution < 1.29 is 8.42 Å². The molecule has 3 aromatic carbocycles. The third kappa shape index (κ3) is 4.19. The average molecular weight is 430 g/mol. The fraction of sp³-hybridized carbons (Fsp3) is 0.0435. The second-order valence-electron chi connectivity index (χ2n) is 6.80. The zero-order valence-electron chi connectivity index (χ0n) is 16.4. The molecule has 0 unspecified atom stereocenters. The number of nitrogens with one attached hydrogen (secondary N) is 1. The quantitative estimate of drug-likeness (QED) is 0.645. The van der Waals surface area contributed by atoms with Crippen LogP contribution in [0.3, 0.4) is 0 Å². The van der Waals surface area contributed by atoms with Gasteiger partial charge in [0, 0.05) is 16.8 Å². The van der Waals surface area contributed by atoms with E-state index < -0.39 is 10.0 Å². The topological polar surface area (TPSA) is 112 Å². The Bertz CT molecular complexity index is 1290. The van der Waals surface area contributed by atoms with Gasteiger partial charge in [0.2, 0.25) is 10.0 Å². The van der Waals surface area contributed by atoms with Gasteiger partial charge in [-0.2, -0.15) is 10.4 Å². The third-order valence-corrected chi connectivity index (χ3v) is 5.71. The first-order valence-corrected chi connectivity index (χ1v) is 11.0. The number of hydrazone groups is 1. The van der Waals surface area contributed by atoms with Crippen LogP contribution in [0.15, 0.2) is 94.9 Å². The van der Waals surface area contributed by atoms with Crippen LogP contribution in [0.2, 0.25) is 0 Å². The van der Waals surface area contributed by atoms with Crippen molar-refractivity contribution in [3.63, 3.8) is 0 Å². The van der Waals surface area contributed by atoms with E-state index in [1.54, 1.807) is 12.1 Å². The molecular formula is C23H19N5O2S. The van der Waals surface area contributed by atoms with Crippen LogP contribution in [0.5, 0.6) is 0 Å². The molecule has 0 bridgehead atoms. The van der Waals surface area contributed by atoms with E-state index in [0.29, 0.717) is 11.5 Å². The minimum atomic E-state index is -3.82. The van der Waals surface area contributed by atoms with Crippen LogP contribution < -0.4 is 15.5 Å². The fourth-order valence-electron chi connectivity index (χ4n) is 3.39. The van der Waals surface area contributed by atoms with Gasteiger partial charge in [0.1, 0.15) is 5.84 Å². The summed E-state index contributed by atoms with van der Waals surface area (Å²) in [5.74, 6) is 0.490. The fourth-order valence-corrected chi connectivity index (χ4v) is 3.91. The van der Waals surface area contributed by atoms with Crippen molar-refractivity contribution in [2.75, 3.05) is 4.90 Å². The Morgan fingerprint density at radius 2 is 1.48 bits per heavy atom. The minimum absolute atomic E-state index is 0.0127. The van der Waals surface area contributed by atoms with Gasteiger partial charge < -0.3 is 0 Å². The van der Waals surface area contributed by atoms with E-state index in [1.807, 2.05) is 65.6 Å². The first-order valence-electron chi connectivity index (χ1n) is 9.46. The lowest BCUT2D eigenvalue weighted by atomic mass is 10.0. The molecule has 3 N–H and O–H groups in total. The van der Waals surface area contributed by atoms with Gasteiger partial charge in [-0.15, -0.1) is 0 Å². The molecule has 0 radical (unpaired) electrons. The maximum atomic E-state index is 11.7. The summed E-state index contributed by atoms with van der Waals surface area (Å²) < 4.78 is 23.4. The molecule has 1 heterocycles. The summed E-state index contributed by atoms with van der Waals surface area (Å²) in [6, 6.07) is 27.8. The first kappa shape index (κ1) is 20.3. The third-order valence-electron chi connectivity index (χ3n) is 4.79. The molecule has 0 saturated heterocycles. The van der Waals surface area contributed by atoms with Crippen molar-refractivity contribution >= 4 is 32.9 Å². The average Bonchev–Trinajstić information content (AvgIpc) is 2.79. The Balaban J connectivity index is 1.94. The van der Waals surface area contributed by atoms with E-state index in [-0.39, 0.29) is 11.3 Å². The second kappa shape index (κ2) is 8.44. The molecular weight excluding hydrogens is 410 g/mol. The molecule has 0 aliphatic carbocycles. The van der Waals surface area contributed by atoms with Gasteiger partial charge in [-0.05, 0) is 24.3 Å². The van der Waals surface area contributed by atoms with Gasteiger partial charge in [-0.1, -0.05) is 60.7 Å². The van der Waals surface area contributed by atoms with Crippen molar-refractivity contribution in [1.82, 2.24) is 5.43 Å². The number of rotatable bonds is 5. The molecule has 8 heteroatoms. The number of nitrogens with two attached hydrogens (primary N) is 1. The van der Waals surface area contributed by atoms with Gasteiger partial charge in [-0.3, -0.25) is 10.3 Å². The van der Waals surface area contributed by atoms with Crippen molar-refractivity contribution in [3.8, 4) is 6.07 Å². The largest absolute Gasteiger partial charge is 0.293 e. The van der Waals surface area contributed by atoms with Crippen LogP contribution in [0.1, 0.15) is 17.5 Å². The predicted octanol–water partition coefficient (Wildman–Crippen LogP) is 3.50. The highest BCUT2D eigenvalue weighted by atomic mass is 32.2. The van der Waals surface area contributed by atoms with E-state index in [4.69, 9.17) is 5.14 Å². The number of benzene rings is 3. The van der Waals surface area contributed by atoms with Crippen LogP contribution in [-0.4, -0.2) is 14.3 Å². The summed E-state index contributed by atoms with van der Waals surface area (Å²) in [7, 11) is -3.82. The van der Waals surface area contributed by atoms with E-state index in [9.17, 15) is 13.7 Å². The van der Waals surface area contributed by atoms with Crippen LogP contribution in [0, 0.1) is 11.3 Å². The van der Waals surface area contributed by atoms with E-state index >= 15 is 0 Å². The summed E-state index contributed by atoms with van der Waals surface area (Å²) in [4.78, 5) is 1.88. The Morgan fingerprint density at radius 3 is 2.03 bits per heavy atom. The molecule has 0 amide bonds. The highest BCUT2D eigenvalue weighted by molar-refractivity contribution is 7.89. The van der Waals surface area contributed by atoms with Gasteiger partial charge in [0.15, 0.2) is 0 Å². The van der Waals surface area contributed by atoms with Gasteiger partial charge in [0.25, 0.3) is 0 Å². The lowest BCUT2D eigenvalue weighted by molar-refractivity contribution is 0.598. The van der Waals surface area contributed by atoms with Crippen LogP contribution >= 0.6 is 0 Å². The Hall–Kier alpha value is -3.93. The Morgan fingerprint density at radius 1 is 0.903 bits per heavy atom. The molecule has 4 rings (SSSR count). The SMILES string of the molecule is N#CCC1=NNC(c2ccccc2)=C(c2ccccc2)N1c1ccc(S(N)(=O)=O)cc1. The number of amidine groups is 1. The molecule has 0 atom stereocenters. The summed E-state index contributed by atoms with van der Waals surface area (Å²) in [5.41, 5.74) is 7.18. The van der Waals surface area contributed by atoms with Crippen molar-refractivity contribution in [1.29, 1.82) is 5.26 Å². The van der Waals surface area contributed by atoms with E-state index in [1.165, 1.54) is 12.1 Å². The number of nitrogens with zero attached hydrogens (tertiary/aromatic N) is 3. The van der Waals surface area contributed by atoms with Crippen molar-refractivity contribution in [3.05, 3.63) is 96.1 Å². The summed E-state index contributed by atoms with van der Waals surface area (Å²) in [5, 5.41) is 19.1. The summed E-state index contributed by atoms with van der Waals surface area (Å²) in [6.07, 6.45) is 0.0579. The summed E-state index contributed by atoms with van der Waals surface area (Å²) >= 11 is 0. The van der Waals surface area contributed by atoms with Crippen LogP contribution in [0.4, 0.5) is 5.69 Å². The number of nitriles is 1. The highest BCUT2D eigenvalue weighted by Crippen LogP contribution is 2.35. The smallest absolute Gasteiger partial charge is 0.238 e. The van der Waals surface area contributed by atoms with E-state index in [2.05, 4.69) is 16.6 Å². The normalized spacial score (nSPS) is 13.9. The van der Waals surface area contributed by atoms with Crippen LogP contribution in [0.25, 0.3) is 11.4 Å². The lowest BCUT2D eigenvalue weighted by Crippen LogP contribution is -2.36.